The quantitative estimate of drug-likeness (QED) is 0.326. The van der Waals surface area contributed by atoms with E-state index in [-0.39, 0.29) is 23.1 Å². The van der Waals surface area contributed by atoms with Gasteiger partial charge in [0.15, 0.2) is 0 Å². The van der Waals surface area contributed by atoms with Gasteiger partial charge in [-0.25, -0.2) is 4.99 Å². The van der Waals surface area contributed by atoms with Crippen LogP contribution in [0.5, 0.6) is 11.5 Å². The van der Waals surface area contributed by atoms with Crippen LogP contribution in [-0.4, -0.2) is 25.8 Å². The Morgan fingerprint density at radius 3 is 2.17 bits per heavy atom. The van der Waals surface area contributed by atoms with Crippen molar-refractivity contribution in [3.8, 4) is 40.0 Å². The molecule has 4 aromatic rings. The van der Waals surface area contributed by atoms with Gasteiger partial charge in [-0.05, 0) is 60.2 Å². The lowest BCUT2D eigenvalue weighted by Gasteiger charge is -2.06. The van der Waals surface area contributed by atoms with E-state index in [0.29, 0.717) is 34.1 Å². The van der Waals surface area contributed by atoms with Crippen LogP contribution < -0.4 is 14.8 Å². The number of benzene rings is 3. The molecule has 3 aromatic carbocycles. The van der Waals surface area contributed by atoms with Gasteiger partial charge in [0.05, 0.1) is 19.9 Å². The standard InChI is InChI=1S/C27H18BrN3O4/c1-33-18-8-3-15(4-9-18)23-21(14-29)27(35-25(23)16-5-10-19(34-2)11-6-16)31-24-20-13-17(28)7-12-22(20)30-26(24)32/h3-13H,1-2H3,(H,30,31,32). The maximum atomic E-state index is 12.7. The minimum Gasteiger partial charge on any atom is -0.497 e. The second-order valence-corrected chi connectivity index (χ2v) is 8.58. The van der Waals surface area contributed by atoms with Crippen molar-refractivity contribution < 1.29 is 18.7 Å². The summed E-state index contributed by atoms with van der Waals surface area (Å²) in [6, 6.07) is 22.3. The number of rotatable bonds is 5. The Morgan fingerprint density at radius 2 is 1.57 bits per heavy atom. The van der Waals surface area contributed by atoms with Gasteiger partial charge in [-0.2, -0.15) is 5.26 Å². The maximum absolute atomic E-state index is 12.7. The second-order valence-electron chi connectivity index (χ2n) is 7.66. The molecule has 1 aliphatic rings. The Labute approximate surface area is 209 Å². The normalized spacial score (nSPS) is 13.3. The zero-order valence-electron chi connectivity index (χ0n) is 18.8. The fourth-order valence-corrected chi connectivity index (χ4v) is 4.28. The summed E-state index contributed by atoms with van der Waals surface area (Å²) in [5.74, 6) is 1.53. The smallest absolute Gasteiger partial charge is 0.275 e. The molecule has 0 saturated carbocycles. The highest BCUT2D eigenvalue weighted by Crippen LogP contribution is 2.44. The number of anilines is 1. The number of carbonyl (C=O) groups excluding carboxylic acids is 1. The number of hydrogen-bond acceptors (Lipinski definition) is 6. The monoisotopic (exact) mass is 527 g/mol. The first-order valence-corrected chi connectivity index (χ1v) is 11.4. The number of amides is 1. The van der Waals surface area contributed by atoms with E-state index in [0.717, 1.165) is 15.6 Å². The van der Waals surface area contributed by atoms with Gasteiger partial charge in [0.1, 0.15) is 34.6 Å². The Bertz CT molecular complexity index is 1510. The SMILES string of the molecule is COc1ccc(-c2oc(N=C3C(=O)Nc4ccc(Br)cc43)c(C#N)c2-c2ccc(OC)cc2)cc1. The van der Waals surface area contributed by atoms with E-state index in [9.17, 15) is 10.1 Å². The molecule has 0 spiro atoms. The van der Waals surface area contributed by atoms with Crippen LogP contribution in [0.4, 0.5) is 11.6 Å². The Balaban J connectivity index is 1.73. The van der Waals surface area contributed by atoms with E-state index in [2.05, 4.69) is 32.3 Å². The Hall–Kier alpha value is -4.35. The van der Waals surface area contributed by atoms with Gasteiger partial charge < -0.3 is 19.2 Å². The van der Waals surface area contributed by atoms with Crippen LogP contribution in [0.3, 0.4) is 0 Å². The van der Waals surface area contributed by atoms with Crippen LogP contribution in [0.1, 0.15) is 11.1 Å². The van der Waals surface area contributed by atoms with Gasteiger partial charge in [-0.15, -0.1) is 0 Å². The highest BCUT2D eigenvalue weighted by atomic mass is 79.9. The van der Waals surface area contributed by atoms with Crippen molar-refractivity contribution >= 4 is 39.1 Å². The number of nitrogens with one attached hydrogen (secondary N) is 1. The number of ether oxygens (including phenoxy) is 2. The number of methoxy groups -OCH3 is 2. The fourth-order valence-electron chi connectivity index (χ4n) is 3.92. The molecule has 1 aromatic heterocycles. The molecule has 2 heterocycles. The van der Waals surface area contributed by atoms with Gasteiger partial charge in [0.25, 0.3) is 5.91 Å². The minimum absolute atomic E-state index is 0.0575. The van der Waals surface area contributed by atoms with Crippen LogP contribution >= 0.6 is 15.9 Å². The summed E-state index contributed by atoms with van der Waals surface area (Å²) in [6.45, 7) is 0. The summed E-state index contributed by atoms with van der Waals surface area (Å²) in [5.41, 5.74) is 3.74. The van der Waals surface area contributed by atoms with Crippen LogP contribution in [0.2, 0.25) is 0 Å². The predicted octanol–water partition coefficient (Wildman–Crippen LogP) is 6.34. The lowest BCUT2D eigenvalue weighted by Crippen LogP contribution is -2.13. The molecule has 0 fully saturated rings. The number of carbonyl (C=O) groups is 1. The Kier molecular flexibility index (Phi) is 5.85. The minimum atomic E-state index is -0.365. The lowest BCUT2D eigenvalue weighted by molar-refractivity contribution is -0.110. The predicted molar refractivity (Wildman–Crippen MR) is 136 cm³/mol. The molecular weight excluding hydrogens is 510 g/mol. The molecule has 7 nitrogen and oxygen atoms in total. The number of fused-ring (bicyclic) bond motifs is 1. The summed E-state index contributed by atoms with van der Waals surface area (Å²) < 4.78 is 17.5. The molecule has 172 valence electrons. The first kappa shape index (κ1) is 22.4. The van der Waals surface area contributed by atoms with E-state index in [1.54, 1.807) is 26.4 Å². The first-order valence-electron chi connectivity index (χ1n) is 10.6. The molecule has 0 radical (unpaired) electrons. The lowest BCUT2D eigenvalue weighted by atomic mass is 9.98. The van der Waals surface area contributed by atoms with E-state index in [1.165, 1.54) is 0 Å². The summed E-state index contributed by atoms with van der Waals surface area (Å²) >= 11 is 3.44. The highest BCUT2D eigenvalue weighted by Gasteiger charge is 2.29. The zero-order valence-corrected chi connectivity index (χ0v) is 20.3. The topological polar surface area (TPSA) is 96.9 Å². The van der Waals surface area contributed by atoms with E-state index in [4.69, 9.17) is 13.9 Å². The third-order valence-electron chi connectivity index (χ3n) is 5.65. The summed E-state index contributed by atoms with van der Waals surface area (Å²) in [7, 11) is 3.18. The van der Waals surface area contributed by atoms with Gasteiger partial charge >= 0.3 is 0 Å². The maximum Gasteiger partial charge on any atom is 0.275 e. The third kappa shape index (κ3) is 4.07. The van der Waals surface area contributed by atoms with Crippen LogP contribution in [0.15, 0.2) is 80.6 Å². The molecule has 35 heavy (non-hydrogen) atoms. The summed E-state index contributed by atoms with van der Waals surface area (Å²) in [4.78, 5) is 17.2. The van der Waals surface area contributed by atoms with E-state index in [1.807, 2.05) is 54.6 Å². The molecule has 8 heteroatoms. The zero-order chi connectivity index (χ0) is 24.5. The first-order chi connectivity index (χ1) is 17.0. The van der Waals surface area contributed by atoms with Crippen molar-refractivity contribution in [2.75, 3.05) is 19.5 Å². The number of halogens is 1. The molecular formula is C27H18BrN3O4. The average Bonchev–Trinajstić information content (AvgIpc) is 3.41. The highest BCUT2D eigenvalue weighted by molar-refractivity contribution is 9.10. The second kappa shape index (κ2) is 9.12. The van der Waals surface area contributed by atoms with Gasteiger partial charge in [-0.1, -0.05) is 28.1 Å². The molecule has 0 atom stereocenters. The van der Waals surface area contributed by atoms with Crippen molar-refractivity contribution in [3.05, 3.63) is 82.3 Å². The van der Waals surface area contributed by atoms with Crippen LogP contribution in [0.25, 0.3) is 22.5 Å². The fraction of sp³-hybridized carbons (Fsp3) is 0.0741. The third-order valence-corrected chi connectivity index (χ3v) is 6.14. The molecule has 5 rings (SSSR count). The van der Waals surface area contributed by atoms with Crippen molar-refractivity contribution in [3.63, 3.8) is 0 Å². The van der Waals surface area contributed by atoms with Crippen molar-refractivity contribution in [2.24, 2.45) is 4.99 Å². The molecule has 0 unspecified atom stereocenters. The molecule has 0 bridgehead atoms. The molecule has 1 amide bonds. The number of hydrogen-bond donors (Lipinski definition) is 1. The molecule has 0 saturated heterocycles. The number of nitriles is 1. The van der Waals surface area contributed by atoms with Crippen molar-refractivity contribution in [2.45, 2.75) is 0 Å². The van der Waals surface area contributed by atoms with E-state index >= 15 is 0 Å². The number of aliphatic imine (C=N–C) groups is 1. The van der Waals surface area contributed by atoms with Gasteiger partial charge in [0, 0.05) is 21.2 Å². The molecule has 1 aliphatic heterocycles. The number of nitrogens with zero attached hydrogens (tertiary/aromatic N) is 2. The van der Waals surface area contributed by atoms with E-state index < -0.39 is 0 Å². The number of furan rings is 1. The Morgan fingerprint density at radius 1 is 0.943 bits per heavy atom. The van der Waals surface area contributed by atoms with Crippen molar-refractivity contribution in [1.29, 1.82) is 5.26 Å². The van der Waals surface area contributed by atoms with Crippen LogP contribution in [-0.2, 0) is 4.79 Å². The summed E-state index contributed by atoms with van der Waals surface area (Å²) in [5, 5.41) is 13.0. The molecule has 0 aliphatic carbocycles. The summed E-state index contributed by atoms with van der Waals surface area (Å²) in [6.07, 6.45) is 0. The molecule has 1 N–H and O–H groups in total. The van der Waals surface area contributed by atoms with Crippen molar-refractivity contribution in [1.82, 2.24) is 0 Å². The van der Waals surface area contributed by atoms with Crippen LogP contribution in [0, 0.1) is 11.3 Å². The average molecular weight is 528 g/mol. The van der Waals surface area contributed by atoms with Gasteiger partial charge in [-0.3, -0.25) is 4.79 Å². The largest absolute Gasteiger partial charge is 0.497 e. The van der Waals surface area contributed by atoms with Gasteiger partial charge in [0.2, 0.25) is 5.88 Å².